The van der Waals surface area contributed by atoms with Crippen molar-refractivity contribution in [2.75, 3.05) is 5.32 Å². The number of amides is 1. The van der Waals surface area contributed by atoms with Crippen LogP contribution >= 0.6 is 12.2 Å². The molecule has 8 heteroatoms. The third kappa shape index (κ3) is 4.22. The molecular formula is C23H17N5O2S. The second kappa shape index (κ2) is 8.65. The predicted octanol–water partition coefficient (Wildman–Crippen LogP) is 5.15. The van der Waals surface area contributed by atoms with E-state index in [1.165, 1.54) is 0 Å². The SMILES string of the molecule is Cc1cc(Oc2ncccc2C#N)ccc1NC(=O)c1c[nH]c(=S)n1-c1ccccc1. The minimum absolute atomic E-state index is 0.232. The maximum Gasteiger partial charge on any atom is 0.274 e. The number of pyridine rings is 1. The number of carbonyl (C=O) groups excluding carboxylic acids is 1. The predicted molar refractivity (Wildman–Crippen MR) is 119 cm³/mol. The number of anilines is 1. The molecule has 4 rings (SSSR count). The summed E-state index contributed by atoms with van der Waals surface area (Å²) in [5.74, 6) is 0.444. The smallest absolute Gasteiger partial charge is 0.274 e. The molecule has 152 valence electrons. The van der Waals surface area contributed by atoms with Gasteiger partial charge in [0, 0.05) is 23.8 Å². The van der Waals surface area contributed by atoms with Crippen LogP contribution in [0.1, 0.15) is 21.6 Å². The van der Waals surface area contributed by atoms with E-state index in [-0.39, 0.29) is 11.8 Å². The van der Waals surface area contributed by atoms with Crippen molar-refractivity contribution in [1.29, 1.82) is 5.26 Å². The minimum Gasteiger partial charge on any atom is -0.438 e. The Balaban J connectivity index is 1.57. The van der Waals surface area contributed by atoms with E-state index in [4.69, 9.17) is 17.0 Å². The molecular weight excluding hydrogens is 410 g/mol. The van der Waals surface area contributed by atoms with Crippen molar-refractivity contribution in [2.45, 2.75) is 6.92 Å². The fourth-order valence-corrected chi connectivity index (χ4v) is 3.33. The van der Waals surface area contributed by atoms with Gasteiger partial charge in [0.25, 0.3) is 5.91 Å². The Kier molecular flexibility index (Phi) is 5.60. The van der Waals surface area contributed by atoms with Gasteiger partial charge in [-0.2, -0.15) is 5.26 Å². The van der Waals surface area contributed by atoms with Crippen LogP contribution in [0.3, 0.4) is 0 Å². The van der Waals surface area contributed by atoms with Crippen LogP contribution < -0.4 is 10.1 Å². The van der Waals surface area contributed by atoms with Crippen LogP contribution in [-0.2, 0) is 0 Å². The van der Waals surface area contributed by atoms with E-state index in [0.29, 0.717) is 27.5 Å². The standard InChI is InChI=1S/C23H17N5O2S/c1-15-12-18(30-22-16(13-24)6-5-11-25-22)9-10-19(15)27-21(29)20-14-26-23(31)28(20)17-7-3-2-4-8-17/h2-12,14H,1H3,(H,26,31)(H,27,29). The number of nitrogens with zero attached hydrogens (tertiary/aromatic N) is 3. The van der Waals surface area contributed by atoms with Crippen LogP contribution in [0.4, 0.5) is 5.69 Å². The molecule has 0 aliphatic heterocycles. The largest absolute Gasteiger partial charge is 0.438 e. The van der Waals surface area contributed by atoms with Crippen molar-refractivity contribution >= 4 is 23.8 Å². The topological polar surface area (TPSA) is 95.7 Å². The Labute approximate surface area is 183 Å². The zero-order chi connectivity index (χ0) is 21.8. The first-order valence-corrected chi connectivity index (χ1v) is 9.78. The third-order valence-electron chi connectivity index (χ3n) is 4.58. The molecule has 4 aromatic rings. The zero-order valence-corrected chi connectivity index (χ0v) is 17.3. The van der Waals surface area contributed by atoms with E-state index in [2.05, 4.69) is 15.3 Å². The van der Waals surface area contributed by atoms with Gasteiger partial charge < -0.3 is 15.0 Å². The highest BCUT2D eigenvalue weighted by Crippen LogP contribution is 2.27. The van der Waals surface area contributed by atoms with Crippen molar-refractivity contribution < 1.29 is 9.53 Å². The fraction of sp³-hybridized carbons (Fsp3) is 0.0435. The van der Waals surface area contributed by atoms with Crippen molar-refractivity contribution in [3.8, 4) is 23.4 Å². The number of para-hydroxylation sites is 1. The third-order valence-corrected chi connectivity index (χ3v) is 4.88. The van der Waals surface area contributed by atoms with Gasteiger partial charge >= 0.3 is 0 Å². The Morgan fingerprint density at radius 3 is 2.74 bits per heavy atom. The second-order valence-corrected chi connectivity index (χ2v) is 7.04. The van der Waals surface area contributed by atoms with E-state index < -0.39 is 0 Å². The quantitative estimate of drug-likeness (QED) is 0.429. The number of carbonyl (C=O) groups is 1. The van der Waals surface area contributed by atoms with Crippen molar-refractivity contribution in [2.24, 2.45) is 0 Å². The molecule has 0 saturated carbocycles. The van der Waals surface area contributed by atoms with Crippen LogP contribution in [0, 0.1) is 23.0 Å². The summed E-state index contributed by atoms with van der Waals surface area (Å²) in [5.41, 5.74) is 2.95. The van der Waals surface area contributed by atoms with E-state index in [9.17, 15) is 10.1 Å². The molecule has 7 nitrogen and oxygen atoms in total. The summed E-state index contributed by atoms with van der Waals surface area (Å²) in [6, 6.07) is 20.0. The fourth-order valence-electron chi connectivity index (χ4n) is 3.06. The van der Waals surface area contributed by atoms with Crippen molar-refractivity contribution in [3.05, 3.63) is 94.6 Å². The Morgan fingerprint density at radius 1 is 1.19 bits per heavy atom. The van der Waals surface area contributed by atoms with Gasteiger partial charge in [0.1, 0.15) is 23.1 Å². The number of aromatic nitrogens is 3. The molecule has 1 amide bonds. The average molecular weight is 427 g/mol. The summed E-state index contributed by atoms with van der Waals surface area (Å²) in [6.07, 6.45) is 3.14. The Morgan fingerprint density at radius 2 is 2.00 bits per heavy atom. The van der Waals surface area contributed by atoms with Gasteiger partial charge in [-0.25, -0.2) is 4.98 Å². The molecule has 0 bridgehead atoms. The highest BCUT2D eigenvalue weighted by atomic mass is 32.1. The number of rotatable bonds is 5. The molecule has 0 fully saturated rings. The van der Waals surface area contributed by atoms with Gasteiger partial charge in [0.2, 0.25) is 5.88 Å². The van der Waals surface area contributed by atoms with Gasteiger partial charge in [-0.3, -0.25) is 9.36 Å². The molecule has 0 radical (unpaired) electrons. The van der Waals surface area contributed by atoms with E-state index >= 15 is 0 Å². The molecule has 2 aromatic carbocycles. The average Bonchev–Trinajstić information content (AvgIpc) is 3.18. The van der Waals surface area contributed by atoms with Crippen molar-refractivity contribution in [1.82, 2.24) is 14.5 Å². The number of imidazole rings is 1. The number of H-pyrrole nitrogens is 1. The number of aromatic amines is 1. The first-order chi connectivity index (χ1) is 15.1. The van der Waals surface area contributed by atoms with E-state index in [0.717, 1.165) is 11.3 Å². The minimum atomic E-state index is -0.301. The molecule has 0 spiro atoms. The number of nitriles is 1. The highest BCUT2D eigenvalue weighted by Gasteiger charge is 2.16. The number of ether oxygens (including phenoxy) is 1. The summed E-state index contributed by atoms with van der Waals surface area (Å²) >= 11 is 5.35. The molecule has 0 aliphatic carbocycles. The van der Waals surface area contributed by atoms with E-state index in [1.54, 1.807) is 47.3 Å². The summed E-state index contributed by atoms with van der Waals surface area (Å²) < 4.78 is 7.85. The Hall–Kier alpha value is -4.22. The highest BCUT2D eigenvalue weighted by molar-refractivity contribution is 7.71. The van der Waals surface area contributed by atoms with Crippen LogP contribution in [0.15, 0.2) is 73.1 Å². The summed E-state index contributed by atoms with van der Waals surface area (Å²) in [5, 5.41) is 12.1. The second-order valence-electron chi connectivity index (χ2n) is 6.65. The lowest BCUT2D eigenvalue weighted by atomic mass is 10.2. The van der Waals surface area contributed by atoms with Crippen molar-refractivity contribution in [3.63, 3.8) is 0 Å². The van der Waals surface area contributed by atoms with Gasteiger partial charge in [0.15, 0.2) is 4.77 Å². The summed E-state index contributed by atoms with van der Waals surface area (Å²) in [4.78, 5) is 20.0. The number of hydrogen-bond acceptors (Lipinski definition) is 5. The first kappa shape index (κ1) is 20.1. The van der Waals surface area contributed by atoms with Gasteiger partial charge in [0.05, 0.1) is 0 Å². The lowest BCUT2D eigenvalue weighted by Crippen LogP contribution is -2.17. The number of nitrogens with one attached hydrogen (secondary N) is 2. The Bertz CT molecular complexity index is 1350. The summed E-state index contributed by atoms with van der Waals surface area (Å²) in [7, 11) is 0. The normalized spacial score (nSPS) is 10.3. The summed E-state index contributed by atoms with van der Waals surface area (Å²) in [6.45, 7) is 1.85. The molecule has 0 unspecified atom stereocenters. The molecule has 0 atom stereocenters. The van der Waals surface area contributed by atoms with Crippen LogP contribution in [0.5, 0.6) is 11.6 Å². The maximum absolute atomic E-state index is 13.0. The lowest BCUT2D eigenvalue weighted by molar-refractivity contribution is 0.102. The number of aryl methyl sites for hydroxylation is 1. The monoisotopic (exact) mass is 427 g/mol. The van der Waals surface area contributed by atoms with Gasteiger partial charge in [-0.05, 0) is 67.2 Å². The van der Waals surface area contributed by atoms with E-state index in [1.807, 2.05) is 43.3 Å². The molecule has 2 N–H and O–H groups in total. The molecule has 0 aliphatic rings. The van der Waals surface area contributed by atoms with Crippen LogP contribution in [-0.4, -0.2) is 20.4 Å². The lowest BCUT2D eigenvalue weighted by Gasteiger charge is -2.12. The zero-order valence-electron chi connectivity index (χ0n) is 16.5. The number of hydrogen-bond donors (Lipinski definition) is 2. The van der Waals surface area contributed by atoms with Gasteiger partial charge in [-0.1, -0.05) is 18.2 Å². The molecule has 31 heavy (non-hydrogen) atoms. The molecule has 2 heterocycles. The molecule has 2 aromatic heterocycles. The van der Waals surface area contributed by atoms with Crippen LogP contribution in [0.2, 0.25) is 0 Å². The number of benzene rings is 2. The molecule has 0 saturated heterocycles. The first-order valence-electron chi connectivity index (χ1n) is 9.37. The van der Waals surface area contributed by atoms with Crippen LogP contribution in [0.25, 0.3) is 5.69 Å². The maximum atomic E-state index is 13.0. The van der Waals surface area contributed by atoms with Gasteiger partial charge in [-0.15, -0.1) is 0 Å².